The van der Waals surface area contributed by atoms with Crippen molar-refractivity contribution in [1.82, 2.24) is 0 Å². The molecule has 0 spiro atoms. The molecule has 2 heteroatoms. The van der Waals surface area contributed by atoms with Gasteiger partial charge in [-0.25, -0.2) is 0 Å². The number of benzene rings is 2. The molecule has 0 unspecified atom stereocenters. The van der Waals surface area contributed by atoms with E-state index in [1.165, 1.54) is 20.2 Å². The highest BCUT2D eigenvalue weighted by molar-refractivity contribution is 14.2. The van der Waals surface area contributed by atoms with E-state index in [0.717, 1.165) is 0 Å². The Balaban J connectivity index is 2.69. The fraction of sp³-hybridized carbons (Fsp3) is 0. The van der Waals surface area contributed by atoms with Crippen LogP contribution in [0.25, 0.3) is 20.2 Å². The number of halogens is 1. The monoisotopic (exact) mass is 311 g/mol. The first-order chi connectivity index (χ1) is 6.88. The van der Waals surface area contributed by atoms with Gasteiger partial charge in [0, 0.05) is 10.8 Å². The summed E-state index contributed by atoms with van der Waals surface area (Å²) in [6, 6.07) is 17.4. The Morgan fingerprint density at radius 1 is 0.714 bits per heavy atom. The molecule has 0 nitrogen and oxygen atoms in total. The zero-order chi connectivity index (χ0) is 9.54. The minimum atomic E-state index is 0.247. The highest BCUT2D eigenvalue weighted by atomic mass is 127. The summed E-state index contributed by atoms with van der Waals surface area (Å²) in [7, 11) is 0.247. The van der Waals surface area contributed by atoms with Crippen LogP contribution < -0.4 is 0 Å². The molecular weight excluding hydrogens is 303 g/mol. The van der Waals surface area contributed by atoms with Gasteiger partial charge in [-0.15, -0.1) is 0 Å². The SMILES string of the molecule is I[s+]1c2ccccc2c2ccccc21. The van der Waals surface area contributed by atoms with Crippen molar-refractivity contribution < 1.29 is 0 Å². The van der Waals surface area contributed by atoms with Gasteiger partial charge in [-0.05, 0) is 24.3 Å². The maximum Gasteiger partial charge on any atom is 0.288 e. The van der Waals surface area contributed by atoms with E-state index < -0.39 is 0 Å². The zero-order valence-electron chi connectivity index (χ0n) is 7.41. The van der Waals surface area contributed by atoms with Crippen molar-refractivity contribution in [1.29, 1.82) is 0 Å². The Bertz CT molecular complexity index is 557. The van der Waals surface area contributed by atoms with Crippen LogP contribution in [-0.2, 0) is 0 Å². The van der Waals surface area contributed by atoms with E-state index >= 15 is 0 Å². The third kappa shape index (κ3) is 1.10. The highest BCUT2D eigenvalue weighted by Gasteiger charge is 2.17. The van der Waals surface area contributed by atoms with Gasteiger partial charge in [-0.2, -0.15) is 0 Å². The van der Waals surface area contributed by atoms with Crippen LogP contribution in [0.2, 0.25) is 0 Å². The maximum atomic E-state index is 2.54. The lowest BCUT2D eigenvalue weighted by Gasteiger charge is -1.83. The average Bonchev–Trinajstić information content (AvgIpc) is 2.55. The molecule has 14 heavy (non-hydrogen) atoms. The smallest absolute Gasteiger partial charge is 0.0612 e. The second kappa shape index (κ2) is 3.21. The molecule has 3 aromatic rings. The van der Waals surface area contributed by atoms with Crippen molar-refractivity contribution in [3.63, 3.8) is 0 Å². The summed E-state index contributed by atoms with van der Waals surface area (Å²) in [5, 5.41) is 2.83. The summed E-state index contributed by atoms with van der Waals surface area (Å²) in [5.74, 6) is 0. The Hall–Kier alpha value is -0.610. The second-order valence-electron chi connectivity index (χ2n) is 3.25. The molecule has 0 saturated heterocycles. The largest absolute Gasteiger partial charge is 0.288 e. The van der Waals surface area contributed by atoms with E-state index in [0.29, 0.717) is 0 Å². The lowest BCUT2D eigenvalue weighted by molar-refractivity contribution is 1.84. The van der Waals surface area contributed by atoms with Gasteiger partial charge in [0.25, 0.3) is 21.2 Å². The fourth-order valence-electron chi connectivity index (χ4n) is 1.81. The Morgan fingerprint density at radius 2 is 1.14 bits per heavy atom. The maximum absolute atomic E-state index is 2.54. The van der Waals surface area contributed by atoms with Crippen LogP contribution >= 0.6 is 28.8 Å². The lowest BCUT2D eigenvalue weighted by atomic mass is 10.2. The van der Waals surface area contributed by atoms with Crippen LogP contribution in [0.3, 0.4) is 0 Å². The Morgan fingerprint density at radius 3 is 1.64 bits per heavy atom. The Labute approximate surface area is 97.1 Å². The van der Waals surface area contributed by atoms with Gasteiger partial charge in [0.1, 0.15) is 0 Å². The number of hydrogen-bond acceptors (Lipinski definition) is 0. The van der Waals surface area contributed by atoms with Crippen LogP contribution in [-0.4, -0.2) is 0 Å². The molecule has 0 radical (unpaired) electrons. The third-order valence-electron chi connectivity index (χ3n) is 2.45. The van der Waals surface area contributed by atoms with Gasteiger partial charge in [0.15, 0.2) is 9.40 Å². The predicted molar refractivity (Wildman–Crippen MR) is 73.4 cm³/mol. The summed E-state index contributed by atoms with van der Waals surface area (Å²) >= 11 is 2.54. The first-order valence-electron chi connectivity index (χ1n) is 4.47. The van der Waals surface area contributed by atoms with Crippen molar-refractivity contribution >= 4 is 49.0 Å². The van der Waals surface area contributed by atoms with Crippen LogP contribution in [0.1, 0.15) is 0 Å². The number of rotatable bonds is 0. The molecular formula is C12H8IS+. The quantitative estimate of drug-likeness (QED) is 0.407. The van der Waals surface area contributed by atoms with Crippen LogP contribution in [0.15, 0.2) is 48.5 Å². The molecule has 1 heterocycles. The Kier molecular flexibility index (Phi) is 1.99. The molecule has 3 rings (SSSR count). The molecule has 68 valence electrons. The molecule has 0 atom stereocenters. The van der Waals surface area contributed by atoms with Gasteiger partial charge in [0.2, 0.25) is 0 Å². The summed E-state index contributed by atoms with van der Waals surface area (Å²) in [6.45, 7) is 0. The minimum Gasteiger partial charge on any atom is -0.0612 e. The van der Waals surface area contributed by atoms with Crippen molar-refractivity contribution in [2.24, 2.45) is 0 Å². The molecule has 0 fully saturated rings. The fourth-order valence-corrected chi connectivity index (χ4v) is 5.49. The average molecular weight is 311 g/mol. The van der Waals surface area contributed by atoms with Crippen LogP contribution in [0.5, 0.6) is 0 Å². The van der Waals surface area contributed by atoms with E-state index in [1.807, 2.05) is 0 Å². The lowest BCUT2D eigenvalue weighted by Crippen LogP contribution is -1.62. The number of fused-ring (bicyclic) bond motifs is 3. The normalized spacial score (nSPS) is 11.2. The van der Waals surface area contributed by atoms with Crippen molar-refractivity contribution in [3.05, 3.63) is 48.5 Å². The number of thiophene rings is 1. The van der Waals surface area contributed by atoms with Gasteiger partial charge < -0.3 is 0 Å². The first-order valence-corrected chi connectivity index (χ1v) is 8.23. The molecule has 0 aliphatic carbocycles. The highest BCUT2D eigenvalue weighted by Crippen LogP contribution is 2.46. The van der Waals surface area contributed by atoms with E-state index in [2.05, 4.69) is 69.7 Å². The summed E-state index contributed by atoms with van der Waals surface area (Å²) in [5.41, 5.74) is 0. The van der Waals surface area contributed by atoms with E-state index in [4.69, 9.17) is 0 Å². The topological polar surface area (TPSA) is 0 Å². The van der Waals surface area contributed by atoms with Gasteiger partial charge in [-0.1, -0.05) is 24.3 Å². The summed E-state index contributed by atoms with van der Waals surface area (Å²) < 4.78 is 2.96. The predicted octanol–water partition coefficient (Wildman–Crippen LogP) is 4.94. The second-order valence-corrected chi connectivity index (χ2v) is 7.28. The van der Waals surface area contributed by atoms with E-state index in [1.54, 1.807) is 0 Å². The summed E-state index contributed by atoms with van der Waals surface area (Å²) in [4.78, 5) is 0. The third-order valence-corrected chi connectivity index (χ3v) is 6.78. The molecule has 0 aliphatic rings. The van der Waals surface area contributed by atoms with Crippen molar-refractivity contribution in [3.8, 4) is 0 Å². The standard InChI is InChI=1S/C12H8IS/c13-14-11-7-3-1-5-9(11)10-6-2-4-8-12(10)14/h1-8H/q+1. The summed E-state index contributed by atoms with van der Waals surface area (Å²) in [6.07, 6.45) is 0. The molecule has 1 aromatic heterocycles. The molecule has 2 aromatic carbocycles. The molecule has 0 amide bonds. The first kappa shape index (κ1) is 8.68. The van der Waals surface area contributed by atoms with Gasteiger partial charge >= 0.3 is 0 Å². The van der Waals surface area contributed by atoms with Crippen LogP contribution in [0.4, 0.5) is 0 Å². The number of hydrogen-bond donors (Lipinski definition) is 0. The molecule has 0 bridgehead atoms. The molecule has 0 aliphatic heterocycles. The van der Waals surface area contributed by atoms with Crippen LogP contribution in [0, 0.1) is 0 Å². The molecule has 0 N–H and O–H groups in total. The van der Waals surface area contributed by atoms with Gasteiger partial charge in [-0.3, -0.25) is 0 Å². The van der Waals surface area contributed by atoms with E-state index in [9.17, 15) is 0 Å². The van der Waals surface area contributed by atoms with Gasteiger partial charge in [0.05, 0.1) is 7.64 Å². The molecule has 0 saturated carbocycles. The zero-order valence-corrected chi connectivity index (χ0v) is 10.4. The minimum absolute atomic E-state index is 0.247. The van der Waals surface area contributed by atoms with Crippen molar-refractivity contribution in [2.45, 2.75) is 0 Å². The van der Waals surface area contributed by atoms with E-state index in [-0.39, 0.29) is 7.64 Å². The van der Waals surface area contributed by atoms with Crippen molar-refractivity contribution in [2.75, 3.05) is 0 Å².